The lowest BCUT2D eigenvalue weighted by Gasteiger charge is -2.09. The Bertz CT molecular complexity index is 1070. The molecule has 8 nitrogen and oxygen atoms in total. The number of nitro benzene ring substituents is 1. The van der Waals surface area contributed by atoms with E-state index in [1.807, 2.05) is 22.8 Å². The topological polar surface area (TPSA) is 103 Å². The van der Waals surface area contributed by atoms with Gasteiger partial charge in [0.2, 0.25) is 5.91 Å². The summed E-state index contributed by atoms with van der Waals surface area (Å²) in [6.45, 7) is 4.20. The number of carbonyl (C=O) groups is 1. The van der Waals surface area contributed by atoms with Crippen LogP contribution in [0, 0.1) is 10.1 Å². The molecule has 1 aromatic heterocycles. The number of non-ortho nitro benzene ring substituents is 1. The van der Waals surface area contributed by atoms with E-state index >= 15 is 0 Å². The van der Waals surface area contributed by atoms with Crippen LogP contribution < -0.4 is 5.32 Å². The molecule has 0 spiro atoms. The standard InChI is InChI=1S/C19H16ClN5O3S/c1-2-10-24-18(15-8-3-4-9-16(15)20)22-23-19(24)29-12-17(26)21-13-6-5-7-14(11-13)25(27)28/h2-9,11H,1,10,12H2,(H,21,26). The van der Waals surface area contributed by atoms with E-state index in [-0.39, 0.29) is 17.3 Å². The molecule has 0 bridgehead atoms. The molecule has 0 fully saturated rings. The molecule has 148 valence electrons. The van der Waals surface area contributed by atoms with E-state index in [1.54, 1.807) is 18.2 Å². The van der Waals surface area contributed by atoms with Gasteiger partial charge < -0.3 is 5.32 Å². The number of nitrogens with one attached hydrogen (secondary N) is 1. The molecule has 10 heteroatoms. The van der Waals surface area contributed by atoms with Crippen LogP contribution >= 0.6 is 23.4 Å². The van der Waals surface area contributed by atoms with E-state index < -0.39 is 4.92 Å². The average molecular weight is 430 g/mol. The summed E-state index contributed by atoms with van der Waals surface area (Å²) in [5.74, 6) is 0.320. The summed E-state index contributed by atoms with van der Waals surface area (Å²) in [7, 11) is 0. The first-order valence-corrected chi connectivity index (χ1v) is 9.82. The van der Waals surface area contributed by atoms with Gasteiger partial charge in [-0.2, -0.15) is 0 Å². The number of nitro groups is 1. The minimum Gasteiger partial charge on any atom is -0.325 e. The van der Waals surface area contributed by atoms with Crippen LogP contribution in [-0.2, 0) is 11.3 Å². The number of hydrogen-bond donors (Lipinski definition) is 1. The number of amides is 1. The molecule has 0 radical (unpaired) electrons. The van der Waals surface area contributed by atoms with Crippen LogP contribution in [0.2, 0.25) is 5.02 Å². The molecular formula is C19H16ClN5O3S. The van der Waals surface area contributed by atoms with Crippen LogP contribution in [0.3, 0.4) is 0 Å². The van der Waals surface area contributed by atoms with E-state index in [9.17, 15) is 14.9 Å². The Balaban J connectivity index is 1.73. The van der Waals surface area contributed by atoms with Gasteiger partial charge in [0.1, 0.15) is 0 Å². The van der Waals surface area contributed by atoms with Gasteiger partial charge in [-0.25, -0.2) is 0 Å². The summed E-state index contributed by atoms with van der Waals surface area (Å²) in [4.78, 5) is 22.6. The summed E-state index contributed by atoms with van der Waals surface area (Å²) >= 11 is 7.47. The van der Waals surface area contributed by atoms with Crippen molar-refractivity contribution in [2.75, 3.05) is 11.1 Å². The van der Waals surface area contributed by atoms with Gasteiger partial charge in [0, 0.05) is 29.9 Å². The van der Waals surface area contributed by atoms with Crippen molar-refractivity contribution < 1.29 is 9.72 Å². The molecule has 2 aromatic carbocycles. The lowest BCUT2D eigenvalue weighted by Crippen LogP contribution is -2.14. The maximum absolute atomic E-state index is 12.3. The number of rotatable bonds is 8. The summed E-state index contributed by atoms with van der Waals surface area (Å²) in [5, 5.41) is 23.0. The third-order valence-corrected chi connectivity index (χ3v) is 5.11. The van der Waals surface area contributed by atoms with E-state index in [1.165, 1.54) is 30.0 Å². The number of nitrogens with zero attached hydrogens (tertiary/aromatic N) is 4. The van der Waals surface area contributed by atoms with E-state index in [4.69, 9.17) is 11.6 Å². The maximum atomic E-state index is 12.3. The van der Waals surface area contributed by atoms with Crippen molar-refractivity contribution >= 4 is 40.6 Å². The fourth-order valence-electron chi connectivity index (χ4n) is 2.56. The molecule has 0 unspecified atom stereocenters. The molecule has 0 aliphatic heterocycles. The van der Waals surface area contributed by atoms with Crippen molar-refractivity contribution in [2.24, 2.45) is 0 Å². The SMILES string of the molecule is C=CCn1c(SCC(=O)Nc2cccc([N+](=O)[O-])c2)nnc1-c1ccccc1Cl. The molecule has 1 N–H and O–H groups in total. The Kier molecular flexibility index (Phi) is 6.63. The van der Waals surface area contributed by atoms with Crippen LogP contribution in [0.15, 0.2) is 66.3 Å². The van der Waals surface area contributed by atoms with Gasteiger partial charge in [0.05, 0.1) is 15.7 Å². The maximum Gasteiger partial charge on any atom is 0.271 e. The third-order valence-electron chi connectivity index (χ3n) is 3.82. The van der Waals surface area contributed by atoms with E-state index in [0.717, 1.165) is 5.56 Å². The number of allylic oxidation sites excluding steroid dienone is 1. The third kappa shape index (κ3) is 5.01. The zero-order chi connectivity index (χ0) is 20.8. The van der Waals surface area contributed by atoms with Crippen molar-refractivity contribution in [3.05, 3.63) is 76.3 Å². The first-order chi connectivity index (χ1) is 14.0. The smallest absolute Gasteiger partial charge is 0.271 e. The fraction of sp³-hybridized carbons (Fsp3) is 0.105. The Hall–Kier alpha value is -3.17. The van der Waals surface area contributed by atoms with Gasteiger partial charge >= 0.3 is 0 Å². The van der Waals surface area contributed by atoms with Gasteiger partial charge in [0.15, 0.2) is 11.0 Å². The van der Waals surface area contributed by atoms with Crippen LogP contribution in [0.25, 0.3) is 11.4 Å². The second-order valence-electron chi connectivity index (χ2n) is 5.83. The van der Waals surface area contributed by atoms with E-state index in [0.29, 0.717) is 28.2 Å². The molecule has 0 aliphatic carbocycles. The van der Waals surface area contributed by atoms with E-state index in [2.05, 4.69) is 22.1 Å². The second kappa shape index (κ2) is 9.35. The number of thioether (sulfide) groups is 1. The lowest BCUT2D eigenvalue weighted by molar-refractivity contribution is -0.384. The molecule has 1 heterocycles. The minimum atomic E-state index is -0.515. The molecule has 0 atom stereocenters. The van der Waals surface area contributed by atoms with Crippen molar-refractivity contribution in [1.29, 1.82) is 0 Å². The predicted octanol–water partition coefficient (Wildman–Crippen LogP) is 4.42. The molecule has 3 rings (SSSR count). The second-order valence-corrected chi connectivity index (χ2v) is 7.18. The summed E-state index contributed by atoms with van der Waals surface area (Å²) in [6.07, 6.45) is 1.71. The highest BCUT2D eigenvalue weighted by atomic mass is 35.5. The number of aromatic nitrogens is 3. The molecule has 29 heavy (non-hydrogen) atoms. The highest BCUT2D eigenvalue weighted by molar-refractivity contribution is 7.99. The highest BCUT2D eigenvalue weighted by Gasteiger charge is 2.17. The Labute approximate surface area is 175 Å². The van der Waals surface area contributed by atoms with Crippen molar-refractivity contribution in [2.45, 2.75) is 11.7 Å². The van der Waals surface area contributed by atoms with Gasteiger partial charge in [-0.15, -0.1) is 16.8 Å². The zero-order valence-corrected chi connectivity index (χ0v) is 16.7. The number of carbonyl (C=O) groups excluding carboxylic acids is 1. The van der Waals surface area contributed by atoms with Gasteiger partial charge in [-0.1, -0.05) is 47.6 Å². The van der Waals surface area contributed by atoms with Crippen molar-refractivity contribution in [3.8, 4) is 11.4 Å². The number of anilines is 1. The fourth-order valence-corrected chi connectivity index (χ4v) is 3.52. The van der Waals surface area contributed by atoms with Crippen LogP contribution in [0.1, 0.15) is 0 Å². The van der Waals surface area contributed by atoms with Crippen molar-refractivity contribution in [1.82, 2.24) is 14.8 Å². The first-order valence-electron chi connectivity index (χ1n) is 8.45. The normalized spacial score (nSPS) is 10.5. The van der Waals surface area contributed by atoms with Gasteiger partial charge in [-0.3, -0.25) is 19.5 Å². The number of halogens is 1. The largest absolute Gasteiger partial charge is 0.325 e. The minimum absolute atomic E-state index is 0.0560. The molecule has 3 aromatic rings. The lowest BCUT2D eigenvalue weighted by atomic mass is 10.2. The Morgan fingerprint density at radius 1 is 1.28 bits per heavy atom. The van der Waals surface area contributed by atoms with Crippen molar-refractivity contribution in [3.63, 3.8) is 0 Å². The van der Waals surface area contributed by atoms with Crippen LogP contribution in [0.5, 0.6) is 0 Å². The molecule has 1 amide bonds. The zero-order valence-electron chi connectivity index (χ0n) is 15.1. The first kappa shape index (κ1) is 20.6. The quantitative estimate of drug-likeness (QED) is 0.246. The monoisotopic (exact) mass is 429 g/mol. The summed E-state index contributed by atoms with van der Waals surface area (Å²) in [5.41, 5.74) is 0.996. The Morgan fingerprint density at radius 3 is 2.79 bits per heavy atom. The molecule has 0 saturated carbocycles. The number of benzene rings is 2. The van der Waals surface area contributed by atoms with Crippen LogP contribution in [0.4, 0.5) is 11.4 Å². The highest BCUT2D eigenvalue weighted by Crippen LogP contribution is 2.29. The molecule has 0 aliphatic rings. The summed E-state index contributed by atoms with van der Waals surface area (Å²) in [6, 6.07) is 13.1. The van der Waals surface area contributed by atoms with Crippen LogP contribution in [-0.4, -0.2) is 31.3 Å². The molecule has 0 saturated heterocycles. The average Bonchev–Trinajstić information content (AvgIpc) is 3.10. The predicted molar refractivity (Wildman–Crippen MR) is 113 cm³/mol. The van der Waals surface area contributed by atoms with Gasteiger partial charge in [-0.05, 0) is 18.2 Å². The Morgan fingerprint density at radius 2 is 2.07 bits per heavy atom. The molecular weight excluding hydrogens is 414 g/mol. The van der Waals surface area contributed by atoms with Gasteiger partial charge in [0.25, 0.3) is 5.69 Å². The number of hydrogen-bond acceptors (Lipinski definition) is 6. The summed E-state index contributed by atoms with van der Waals surface area (Å²) < 4.78 is 1.82.